The lowest BCUT2D eigenvalue weighted by Crippen LogP contribution is -2.30. The normalized spacial score (nSPS) is 11.9. The third-order valence-electron chi connectivity index (χ3n) is 3.56. The number of carbonyl (C=O) groups is 2. The highest BCUT2D eigenvalue weighted by Crippen LogP contribution is 2.20. The molecule has 8 heteroatoms. The fourth-order valence-electron chi connectivity index (χ4n) is 2.11. The first-order valence-electron chi connectivity index (χ1n) is 7.17. The van der Waals surface area contributed by atoms with Gasteiger partial charge in [0.2, 0.25) is 0 Å². The van der Waals surface area contributed by atoms with Crippen molar-refractivity contribution in [2.45, 2.75) is 26.9 Å². The molecule has 6 nitrogen and oxygen atoms in total. The van der Waals surface area contributed by atoms with Crippen LogP contribution in [-0.4, -0.2) is 27.8 Å². The van der Waals surface area contributed by atoms with Gasteiger partial charge in [-0.2, -0.15) is 5.10 Å². The van der Waals surface area contributed by atoms with Crippen LogP contribution in [0.15, 0.2) is 22.7 Å². The molecule has 0 saturated carbocycles. The minimum absolute atomic E-state index is 0.238. The van der Waals surface area contributed by atoms with Gasteiger partial charge in [-0.25, -0.2) is 9.18 Å². The van der Waals surface area contributed by atoms with Crippen molar-refractivity contribution >= 4 is 33.5 Å². The number of anilines is 1. The number of carbonyl (C=O) groups excluding carboxylic acids is 2. The molecule has 0 aliphatic carbocycles. The third kappa shape index (κ3) is 3.81. The van der Waals surface area contributed by atoms with E-state index < -0.39 is 23.8 Å². The summed E-state index contributed by atoms with van der Waals surface area (Å²) in [5.41, 5.74) is 1.76. The smallest absolute Gasteiger partial charge is 0.341 e. The molecule has 0 radical (unpaired) electrons. The molecule has 0 unspecified atom stereocenters. The van der Waals surface area contributed by atoms with Crippen LogP contribution >= 0.6 is 15.9 Å². The SMILES string of the molecule is Cc1nn(C)c(C)c1NC(=O)[C@H](C)OC(=O)c1cc(Br)ccc1F. The molecule has 1 aromatic heterocycles. The molecule has 2 aromatic rings. The number of esters is 1. The molecule has 0 aliphatic rings. The molecule has 0 spiro atoms. The monoisotopic (exact) mass is 397 g/mol. The molecule has 1 atom stereocenters. The van der Waals surface area contributed by atoms with E-state index in [1.54, 1.807) is 18.7 Å². The van der Waals surface area contributed by atoms with Crippen molar-refractivity contribution in [3.8, 4) is 0 Å². The lowest BCUT2D eigenvalue weighted by molar-refractivity contribution is -0.123. The highest BCUT2D eigenvalue weighted by molar-refractivity contribution is 9.10. The molecule has 24 heavy (non-hydrogen) atoms. The number of aryl methyl sites for hydroxylation is 2. The molecule has 1 N–H and O–H groups in total. The number of benzene rings is 1. The Morgan fingerprint density at radius 3 is 2.62 bits per heavy atom. The zero-order chi connectivity index (χ0) is 18.0. The van der Waals surface area contributed by atoms with E-state index in [0.717, 1.165) is 11.8 Å². The number of hydrogen-bond acceptors (Lipinski definition) is 4. The average molecular weight is 398 g/mol. The zero-order valence-electron chi connectivity index (χ0n) is 13.7. The predicted molar refractivity (Wildman–Crippen MR) is 90.3 cm³/mol. The van der Waals surface area contributed by atoms with Gasteiger partial charge in [-0.3, -0.25) is 9.48 Å². The number of aromatic nitrogens is 2. The molecule has 0 aliphatic heterocycles. The number of amides is 1. The van der Waals surface area contributed by atoms with Gasteiger partial charge < -0.3 is 10.1 Å². The lowest BCUT2D eigenvalue weighted by atomic mass is 10.2. The van der Waals surface area contributed by atoms with Crippen molar-refractivity contribution in [1.82, 2.24) is 9.78 Å². The van der Waals surface area contributed by atoms with Crippen molar-refractivity contribution in [3.05, 3.63) is 45.4 Å². The molecule has 1 amide bonds. The Kier molecular flexibility index (Phi) is 5.38. The Morgan fingerprint density at radius 1 is 1.38 bits per heavy atom. The van der Waals surface area contributed by atoms with Crippen molar-refractivity contribution in [2.24, 2.45) is 7.05 Å². The highest BCUT2D eigenvalue weighted by Gasteiger charge is 2.23. The zero-order valence-corrected chi connectivity index (χ0v) is 15.3. The van der Waals surface area contributed by atoms with Gasteiger partial charge in [0.25, 0.3) is 5.91 Å². The predicted octanol–water partition coefficient (Wildman–Crippen LogP) is 3.12. The summed E-state index contributed by atoms with van der Waals surface area (Å²) in [6.07, 6.45) is -1.09. The van der Waals surface area contributed by atoms with E-state index in [0.29, 0.717) is 15.9 Å². The summed E-state index contributed by atoms with van der Waals surface area (Å²) in [4.78, 5) is 24.3. The van der Waals surface area contributed by atoms with E-state index >= 15 is 0 Å². The van der Waals surface area contributed by atoms with Crippen LogP contribution in [0.25, 0.3) is 0 Å². The molecule has 0 saturated heterocycles. The van der Waals surface area contributed by atoms with E-state index in [2.05, 4.69) is 26.3 Å². The molecule has 1 heterocycles. The van der Waals surface area contributed by atoms with Gasteiger partial charge in [-0.1, -0.05) is 15.9 Å². The van der Waals surface area contributed by atoms with Crippen LogP contribution in [0.2, 0.25) is 0 Å². The van der Waals surface area contributed by atoms with Gasteiger partial charge in [0.05, 0.1) is 22.6 Å². The van der Waals surface area contributed by atoms with Gasteiger partial charge in [0.15, 0.2) is 6.10 Å². The quantitative estimate of drug-likeness (QED) is 0.804. The Bertz CT molecular complexity index is 804. The fourth-order valence-corrected chi connectivity index (χ4v) is 2.47. The van der Waals surface area contributed by atoms with E-state index in [4.69, 9.17) is 4.74 Å². The van der Waals surface area contributed by atoms with E-state index in [-0.39, 0.29) is 5.56 Å². The molecule has 128 valence electrons. The number of hydrogen-bond donors (Lipinski definition) is 1. The van der Waals surface area contributed by atoms with Crippen LogP contribution in [0.3, 0.4) is 0 Å². The molecular formula is C16H17BrFN3O3. The highest BCUT2D eigenvalue weighted by atomic mass is 79.9. The minimum Gasteiger partial charge on any atom is -0.449 e. The van der Waals surface area contributed by atoms with Crippen LogP contribution < -0.4 is 5.32 Å². The van der Waals surface area contributed by atoms with Gasteiger partial charge in [0.1, 0.15) is 5.82 Å². The Balaban J connectivity index is 2.08. The second-order valence-electron chi connectivity index (χ2n) is 5.33. The third-order valence-corrected chi connectivity index (χ3v) is 4.05. The van der Waals surface area contributed by atoms with Gasteiger partial charge >= 0.3 is 5.97 Å². The molecular weight excluding hydrogens is 381 g/mol. The van der Waals surface area contributed by atoms with Crippen molar-refractivity contribution in [3.63, 3.8) is 0 Å². The minimum atomic E-state index is -1.09. The van der Waals surface area contributed by atoms with Gasteiger partial charge in [0, 0.05) is 11.5 Å². The average Bonchev–Trinajstić information content (AvgIpc) is 2.75. The van der Waals surface area contributed by atoms with E-state index in [1.165, 1.54) is 19.1 Å². The molecule has 2 rings (SSSR count). The first-order valence-corrected chi connectivity index (χ1v) is 7.97. The largest absolute Gasteiger partial charge is 0.449 e. The summed E-state index contributed by atoms with van der Waals surface area (Å²) >= 11 is 3.16. The van der Waals surface area contributed by atoms with Crippen molar-refractivity contribution in [2.75, 3.05) is 5.32 Å². The number of rotatable bonds is 4. The summed E-state index contributed by atoms with van der Waals surface area (Å²) in [5.74, 6) is -2.14. The maximum atomic E-state index is 13.7. The number of nitrogens with zero attached hydrogens (tertiary/aromatic N) is 2. The Hall–Kier alpha value is -2.22. The molecule has 0 bridgehead atoms. The van der Waals surface area contributed by atoms with Gasteiger partial charge in [-0.15, -0.1) is 0 Å². The van der Waals surface area contributed by atoms with Gasteiger partial charge in [-0.05, 0) is 39.0 Å². The van der Waals surface area contributed by atoms with Crippen LogP contribution in [-0.2, 0) is 16.6 Å². The van der Waals surface area contributed by atoms with Crippen LogP contribution in [0.1, 0.15) is 28.7 Å². The summed E-state index contributed by atoms with van der Waals surface area (Å²) in [6.45, 7) is 4.99. The maximum Gasteiger partial charge on any atom is 0.341 e. The van der Waals surface area contributed by atoms with E-state index in [9.17, 15) is 14.0 Å². The fraction of sp³-hybridized carbons (Fsp3) is 0.312. The Labute approximate surface area is 147 Å². The first kappa shape index (κ1) is 18.1. The summed E-state index contributed by atoms with van der Waals surface area (Å²) in [6, 6.07) is 3.92. The second kappa shape index (κ2) is 7.12. The van der Waals surface area contributed by atoms with Crippen molar-refractivity contribution in [1.29, 1.82) is 0 Å². The summed E-state index contributed by atoms with van der Waals surface area (Å²) in [5, 5.41) is 6.87. The van der Waals surface area contributed by atoms with E-state index in [1.807, 2.05) is 6.92 Å². The lowest BCUT2D eigenvalue weighted by Gasteiger charge is -2.14. The summed E-state index contributed by atoms with van der Waals surface area (Å²) < 4.78 is 20.9. The standard InChI is InChI=1S/C16H17BrFN3O3/c1-8-14(9(2)21(4)20-8)19-15(22)10(3)24-16(23)12-7-11(17)5-6-13(12)18/h5-7,10H,1-4H3,(H,19,22)/t10-/m0/s1. The number of halogens is 2. The van der Waals surface area contributed by atoms with Crippen molar-refractivity contribution < 1.29 is 18.7 Å². The number of nitrogens with one attached hydrogen (secondary N) is 1. The molecule has 0 fully saturated rings. The number of ether oxygens (including phenoxy) is 1. The summed E-state index contributed by atoms with van der Waals surface area (Å²) in [7, 11) is 1.76. The Morgan fingerprint density at radius 2 is 2.04 bits per heavy atom. The second-order valence-corrected chi connectivity index (χ2v) is 6.25. The van der Waals surface area contributed by atoms with Crippen LogP contribution in [0.5, 0.6) is 0 Å². The first-order chi connectivity index (χ1) is 11.2. The topological polar surface area (TPSA) is 73.2 Å². The molecule has 1 aromatic carbocycles. The van der Waals surface area contributed by atoms with Crippen LogP contribution in [0.4, 0.5) is 10.1 Å². The van der Waals surface area contributed by atoms with Crippen LogP contribution in [0, 0.1) is 19.7 Å². The maximum absolute atomic E-state index is 13.7.